The molecule has 0 bridgehead atoms. The van der Waals surface area contributed by atoms with Crippen molar-refractivity contribution in [3.05, 3.63) is 23.3 Å². The van der Waals surface area contributed by atoms with Crippen LogP contribution in [0.2, 0.25) is 0 Å². The summed E-state index contributed by atoms with van der Waals surface area (Å²) in [6, 6.07) is 0. The smallest absolute Gasteiger partial charge is 0.307 e. The number of allylic oxidation sites excluding steroid dienone is 4. The Labute approximate surface area is 84.3 Å². The number of rotatable bonds is 3. The van der Waals surface area contributed by atoms with E-state index in [1.807, 2.05) is 0 Å². The van der Waals surface area contributed by atoms with Crippen molar-refractivity contribution in [2.24, 2.45) is 17.8 Å². The summed E-state index contributed by atoms with van der Waals surface area (Å²) in [4.78, 5) is 10.9. The van der Waals surface area contributed by atoms with E-state index in [1.165, 1.54) is 11.1 Å². The van der Waals surface area contributed by atoms with Crippen molar-refractivity contribution in [1.29, 1.82) is 0 Å². The van der Waals surface area contributed by atoms with Gasteiger partial charge in [0.1, 0.15) is 0 Å². The van der Waals surface area contributed by atoms with E-state index in [9.17, 15) is 4.79 Å². The number of hydrogen-bond acceptors (Lipinski definition) is 1. The van der Waals surface area contributed by atoms with Crippen LogP contribution in [0.15, 0.2) is 23.3 Å². The van der Waals surface area contributed by atoms with E-state index in [4.69, 9.17) is 5.11 Å². The highest BCUT2D eigenvalue weighted by Crippen LogP contribution is 2.57. The lowest BCUT2D eigenvalue weighted by Crippen LogP contribution is -2.03. The SMILES string of the molecule is CCC(CC)=C1C=C[C@@H]2[C@@H](C(=O)O)[C@H]12. The first-order valence-electron chi connectivity index (χ1n) is 5.33. The van der Waals surface area contributed by atoms with Crippen LogP contribution in [0, 0.1) is 17.8 Å². The third-order valence-corrected chi connectivity index (χ3v) is 3.48. The predicted octanol–water partition coefficient (Wildman–Crippen LogP) is 2.62. The molecule has 0 aromatic carbocycles. The molecule has 3 atom stereocenters. The third kappa shape index (κ3) is 1.21. The Balaban J connectivity index is 2.23. The Hall–Kier alpha value is -1.05. The zero-order valence-electron chi connectivity index (χ0n) is 8.66. The van der Waals surface area contributed by atoms with Crippen molar-refractivity contribution in [2.45, 2.75) is 26.7 Å². The summed E-state index contributed by atoms with van der Waals surface area (Å²) < 4.78 is 0. The molecule has 0 heterocycles. The van der Waals surface area contributed by atoms with E-state index in [0.29, 0.717) is 11.8 Å². The zero-order valence-corrected chi connectivity index (χ0v) is 8.66. The van der Waals surface area contributed by atoms with Gasteiger partial charge in [0.05, 0.1) is 5.92 Å². The Morgan fingerprint density at radius 1 is 1.43 bits per heavy atom. The Bertz CT molecular complexity index is 319. The summed E-state index contributed by atoms with van der Waals surface area (Å²) in [5, 5.41) is 8.95. The minimum Gasteiger partial charge on any atom is -0.481 e. The first kappa shape index (κ1) is 9.50. The Kier molecular flexibility index (Phi) is 2.22. The van der Waals surface area contributed by atoms with Gasteiger partial charge in [-0.1, -0.05) is 31.6 Å². The van der Waals surface area contributed by atoms with Crippen LogP contribution in [0.3, 0.4) is 0 Å². The van der Waals surface area contributed by atoms with Gasteiger partial charge in [-0.05, 0) is 24.3 Å². The van der Waals surface area contributed by atoms with Crippen molar-refractivity contribution in [2.75, 3.05) is 0 Å². The number of carbonyl (C=O) groups is 1. The molecule has 0 unspecified atom stereocenters. The topological polar surface area (TPSA) is 37.3 Å². The maximum absolute atomic E-state index is 10.9. The van der Waals surface area contributed by atoms with E-state index < -0.39 is 5.97 Å². The van der Waals surface area contributed by atoms with Crippen LogP contribution in [0.4, 0.5) is 0 Å². The van der Waals surface area contributed by atoms with E-state index in [2.05, 4.69) is 26.0 Å². The molecule has 0 aromatic rings. The molecule has 0 amide bonds. The molecule has 0 aliphatic heterocycles. The van der Waals surface area contributed by atoms with E-state index >= 15 is 0 Å². The average Bonchev–Trinajstić information content (AvgIpc) is 2.75. The second-order valence-corrected chi connectivity index (χ2v) is 4.09. The molecule has 0 aromatic heterocycles. The number of carboxylic acid groups (broad SMARTS) is 1. The summed E-state index contributed by atoms with van der Waals surface area (Å²) in [5.74, 6) is -0.144. The van der Waals surface area contributed by atoms with Gasteiger partial charge in [-0.3, -0.25) is 4.79 Å². The molecule has 0 spiro atoms. The Morgan fingerprint density at radius 3 is 2.50 bits per heavy atom. The third-order valence-electron chi connectivity index (χ3n) is 3.48. The first-order valence-corrected chi connectivity index (χ1v) is 5.33. The number of aliphatic carboxylic acids is 1. The van der Waals surface area contributed by atoms with Crippen LogP contribution in [-0.2, 0) is 4.79 Å². The molecule has 2 heteroatoms. The van der Waals surface area contributed by atoms with Crippen LogP contribution in [-0.4, -0.2) is 11.1 Å². The van der Waals surface area contributed by atoms with Gasteiger partial charge in [0.25, 0.3) is 0 Å². The van der Waals surface area contributed by atoms with Crippen LogP contribution in [0.25, 0.3) is 0 Å². The molecule has 2 aliphatic rings. The predicted molar refractivity (Wildman–Crippen MR) is 54.9 cm³/mol. The summed E-state index contributed by atoms with van der Waals surface area (Å²) in [5.41, 5.74) is 2.74. The van der Waals surface area contributed by atoms with E-state index in [-0.39, 0.29) is 5.92 Å². The van der Waals surface area contributed by atoms with Crippen LogP contribution >= 0.6 is 0 Å². The largest absolute Gasteiger partial charge is 0.481 e. The van der Waals surface area contributed by atoms with E-state index in [0.717, 1.165) is 12.8 Å². The van der Waals surface area contributed by atoms with Gasteiger partial charge >= 0.3 is 5.97 Å². The van der Waals surface area contributed by atoms with Crippen LogP contribution in [0.1, 0.15) is 26.7 Å². The summed E-state index contributed by atoms with van der Waals surface area (Å²) in [7, 11) is 0. The fraction of sp³-hybridized carbons (Fsp3) is 0.583. The minimum absolute atomic E-state index is 0.122. The van der Waals surface area contributed by atoms with Gasteiger partial charge in [0, 0.05) is 5.92 Å². The second kappa shape index (κ2) is 3.26. The molecular weight excluding hydrogens is 176 g/mol. The zero-order chi connectivity index (χ0) is 10.3. The van der Waals surface area contributed by atoms with Crippen LogP contribution in [0.5, 0.6) is 0 Å². The van der Waals surface area contributed by atoms with Crippen molar-refractivity contribution >= 4 is 5.97 Å². The summed E-state index contributed by atoms with van der Waals surface area (Å²) in [6.45, 7) is 4.29. The van der Waals surface area contributed by atoms with Gasteiger partial charge in [-0.25, -0.2) is 0 Å². The monoisotopic (exact) mass is 192 g/mol. The van der Waals surface area contributed by atoms with Gasteiger partial charge in [0.2, 0.25) is 0 Å². The highest BCUT2D eigenvalue weighted by Gasteiger charge is 2.57. The van der Waals surface area contributed by atoms with Gasteiger partial charge in [-0.2, -0.15) is 0 Å². The molecule has 14 heavy (non-hydrogen) atoms. The number of fused-ring (bicyclic) bond motifs is 1. The highest BCUT2D eigenvalue weighted by molar-refractivity contribution is 5.77. The fourth-order valence-corrected chi connectivity index (χ4v) is 2.63. The molecule has 2 nitrogen and oxygen atoms in total. The number of carboxylic acids is 1. The quantitative estimate of drug-likeness (QED) is 0.746. The molecular formula is C12H16O2. The summed E-state index contributed by atoms with van der Waals surface area (Å²) in [6.07, 6.45) is 6.30. The van der Waals surface area contributed by atoms with Gasteiger partial charge < -0.3 is 5.11 Å². The van der Waals surface area contributed by atoms with Gasteiger partial charge in [0.15, 0.2) is 0 Å². The molecule has 1 N–H and O–H groups in total. The molecule has 2 rings (SSSR count). The maximum Gasteiger partial charge on any atom is 0.307 e. The lowest BCUT2D eigenvalue weighted by Gasteiger charge is -2.06. The van der Waals surface area contributed by atoms with E-state index in [1.54, 1.807) is 0 Å². The average molecular weight is 192 g/mol. The lowest BCUT2D eigenvalue weighted by atomic mass is 9.99. The lowest BCUT2D eigenvalue weighted by molar-refractivity contribution is -0.139. The molecule has 0 radical (unpaired) electrons. The summed E-state index contributed by atoms with van der Waals surface area (Å²) >= 11 is 0. The molecule has 1 saturated carbocycles. The minimum atomic E-state index is -0.631. The molecule has 2 aliphatic carbocycles. The fourth-order valence-electron chi connectivity index (χ4n) is 2.63. The van der Waals surface area contributed by atoms with Crippen molar-refractivity contribution in [3.8, 4) is 0 Å². The normalized spacial score (nSPS) is 33.0. The molecule has 76 valence electrons. The number of hydrogen-bond donors (Lipinski definition) is 1. The van der Waals surface area contributed by atoms with Crippen molar-refractivity contribution in [1.82, 2.24) is 0 Å². The highest BCUT2D eigenvalue weighted by atomic mass is 16.4. The molecule has 0 saturated heterocycles. The van der Waals surface area contributed by atoms with Crippen molar-refractivity contribution < 1.29 is 9.90 Å². The maximum atomic E-state index is 10.9. The van der Waals surface area contributed by atoms with Gasteiger partial charge in [-0.15, -0.1) is 0 Å². The standard InChI is InChI=1S/C12H16O2/c1-3-7(4-2)8-5-6-9-10(8)11(9)12(13)14/h5-6,9-11H,3-4H2,1-2H3,(H,13,14)/t9-,10+,11+/m0/s1. The van der Waals surface area contributed by atoms with Crippen molar-refractivity contribution in [3.63, 3.8) is 0 Å². The first-order chi connectivity index (χ1) is 6.70. The van der Waals surface area contributed by atoms with Crippen LogP contribution < -0.4 is 0 Å². The Morgan fingerprint density at radius 2 is 2.07 bits per heavy atom. The molecule has 1 fully saturated rings. The second-order valence-electron chi connectivity index (χ2n) is 4.09.